The van der Waals surface area contributed by atoms with Gasteiger partial charge in [0.1, 0.15) is 0 Å². The first-order chi connectivity index (χ1) is 10.9. The molecular weight excluding hydrogens is 270 g/mol. The monoisotopic (exact) mass is 293 g/mol. The third-order valence-electron chi connectivity index (χ3n) is 5.12. The molecule has 3 saturated heterocycles. The van der Waals surface area contributed by atoms with Crippen molar-refractivity contribution in [1.82, 2.24) is 4.90 Å². The van der Waals surface area contributed by atoms with E-state index in [0.717, 1.165) is 19.1 Å². The predicted octanol–water partition coefficient (Wildman–Crippen LogP) is 3.96. The summed E-state index contributed by atoms with van der Waals surface area (Å²) in [6.45, 7) is 4.42. The van der Waals surface area contributed by atoms with Crippen LogP contribution in [0.2, 0.25) is 0 Å². The number of rotatable bonds is 4. The van der Waals surface area contributed by atoms with E-state index in [-0.39, 0.29) is 0 Å². The zero-order chi connectivity index (χ0) is 14.8. The van der Waals surface area contributed by atoms with Crippen LogP contribution in [-0.2, 0) is 11.3 Å². The van der Waals surface area contributed by atoms with E-state index in [1.165, 1.54) is 42.6 Å². The maximum atomic E-state index is 6.21. The van der Waals surface area contributed by atoms with Crippen LogP contribution in [0.4, 0.5) is 0 Å². The first-order valence-corrected chi connectivity index (χ1v) is 8.37. The van der Waals surface area contributed by atoms with Crippen molar-refractivity contribution in [2.24, 2.45) is 5.92 Å². The summed E-state index contributed by atoms with van der Waals surface area (Å²) in [5.41, 5.74) is 3.82. The molecule has 0 aliphatic carbocycles. The Kier molecular flexibility index (Phi) is 3.96. The molecule has 3 fully saturated rings. The van der Waals surface area contributed by atoms with E-state index in [1.54, 1.807) is 0 Å². The van der Waals surface area contributed by atoms with Gasteiger partial charge in [-0.15, -0.1) is 0 Å². The summed E-state index contributed by atoms with van der Waals surface area (Å²) in [5.74, 6) is 0.786. The zero-order valence-corrected chi connectivity index (χ0v) is 12.9. The molecule has 3 aliphatic rings. The molecule has 0 spiro atoms. The molecule has 2 aromatic carbocycles. The van der Waals surface area contributed by atoms with Crippen LogP contribution in [0.5, 0.6) is 0 Å². The number of ether oxygens (including phenoxy) is 1. The van der Waals surface area contributed by atoms with Crippen LogP contribution in [0.15, 0.2) is 54.6 Å². The zero-order valence-electron chi connectivity index (χ0n) is 12.9. The molecule has 0 aromatic heterocycles. The van der Waals surface area contributed by atoms with Crippen molar-refractivity contribution >= 4 is 0 Å². The molecule has 0 N–H and O–H groups in total. The van der Waals surface area contributed by atoms with Crippen molar-refractivity contribution in [2.45, 2.75) is 25.6 Å². The fraction of sp³-hybridized carbons (Fsp3) is 0.400. The Bertz CT molecular complexity index is 599. The highest BCUT2D eigenvalue weighted by atomic mass is 16.5. The maximum Gasteiger partial charge on any atom is 0.0735 e. The molecule has 0 radical (unpaired) electrons. The SMILES string of the molecule is c1ccc(-c2ccc(COC3CN4CCC3CC4)cc2)cc1. The molecule has 2 nitrogen and oxygen atoms in total. The van der Waals surface area contributed by atoms with Crippen LogP contribution in [0.25, 0.3) is 11.1 Å². The van der Waals surface area contributed by atoms with Gasteiger partial charge in [-0.3, -0.25) is 0 Å². The predicted molar refractivity (Wildman–Crippen MR) is 89.6 cm³/mol. The van der Waals surface area contributed by atoms with Crippen molar-refractivity contribution in [3.8, 4) is 11.1 Å². The topological polar surface area (TPSA) is 12.5 Å². The van der Waals surface area contributed by atoms with Gasteiger partial charge in [0.05, 0.1) is 12.7 Å². The molecule has 1 unspecified atom stereocenters. The average Bonchev–Trinajstić information content (AvgIpc) is 2.62. The van der Waals surface area contributed by atoms with E-state index >= 15 is 0 Å². The number of piperidine rings is 3. The molecule has 3 aliphatic heterocycles. The van der Waals surface area contributed by atoms with Crippen LogP contribution < -0.4 is 0 Å². The highest BCUT2D eigenvalue weighted by Gasteiger charge is 2.34. The number of benzene rings is 2. The molecule has 114 valence electrons. The lowest BCUT2D eigenvalue weighted by Crippen LogP contribution is -2.51. The number of fused-ring (bicyclic) bond motifs is 3. The fourth-order valence-electron chi connectivity index (χ4n) is 3.73. The molecule has 1 atom stereocenters. The third-order valence-corrected chi connectivity index (χ3v) is 5.12. The Morgan fingerprint density at radius 3 is 2.18 bits per heavy atom. The standard InChI is InChI=1S/C20H23NO/c1-2-4-17(5-3-1)18-8-6-16(7-9-18)15-22-20-14-21-12-10-19(20)11-13-21/h1-9,19-20H,10-15H2. The molecule has 22 heavy (non-hydrogen) atoms. The van der Waals surface area contributed by atoms with Crippen LogP contribution in [-0.4, -0.2) is 30.6 Å². The Hall–Kier alpha value is -1.64. The normalized spacial score (nSPS) is 27.0. The molecule has 0 saturated carbocycles. The minimum atomic E-state index is 0.441. The summed E-state index contributed by atoms with van der Waals surface area (Å²) < 4.78 is 6.21. The van der Waals surface area contributed by atoms with E-state index in [2.05, 4.69) is 59.5 Å². The summed E-state index contributed by atoms with van der Waals surface area (Å²) in [4.78, 5) is 2.54. The Balaban J connectivity index is 1.38. The van der Waals surface area contributed by atoms with Crippen molar-refractivity contribution in [3.63, 3.8) is 0 Å². The second kappa shape index (κ2) is 6.23. The van der Waals surface area contributed by atoms with Crippen LogP contribution >= 0.6 is 0 Å². The Morgan fingerprint density at radius 1 is 0.864 bits per heavy atom. The smallest absolute Gasteiger partial charge is 0.0735 e. The van der Waals surface area contributed by atoms with Gasteiger partial charge in [0, 0.05) is 6.54 Å². The van der Waals surface area contributed by atoms with Gasteiger partial charge >= 0.3 is 0 Å². The van der Waals surface area contributed by atoms with Gasteiger partial charge in [-0.2, -0.15) is 0 Å². The first kappa shape index (κ1) is 14.0. The number of hydrogen-bond donors (Lipinski definition) is 0. The molecule has 5 rings (SSSR count). The highest BCUT2D eigenvalue weighted by Crippen LogP contribution is 2.30. The summed E-state index contributed by atoms with van der Waals surface area (Å²) >= 11 is 0. The molecule has 2 bridgehead atoms. The molecule has 2 aromatic rings. The van der Waals surface area contributed by atoms with Gasteiger partial charge in [-0.1, -0.05) is 54.6 Å². The second-order valence-corrected chi connectivity index (χ2v) is 6.55. The summed E-state index contributed by atoms with van der Waals surface area (Å²) in [5, 5.41) is 0. The van der Waals surface area contributed by atoms with E-state index in [0.29, 0.717) is 6.10 Å². The van der Waals surface area contributed by atoms with Crippen molar-refractivity contribution in [2.75, 3.05) is 19.6 Å². The van der Waals surface area contributed by atoms with E-state index < -0.39 is 0 Å². The molecule has 3 heterocycles. The third kappa shape index (κ3) is 2.94. The first-order valence-electron chi connectivity index (χ1n) is 8.37. The number of hydrogen-bond acceptors (Lipinski definition) is 2. The Morgan fingerprint density at radius 2 is 1.55 bits per heavy atom. The van der Waals surface area contributed by atoms with E-state index in [9.17, 15) is 0 Å². The maximum absolute atomic E-state index is 6.21. The van der Waals surface area contributed by atoms with Gasteiger partial charge in [-0.05, 0) is 48.5 Å². The van der Waals surface area contributed by atoms with Gasteiger partial charge in [0.2, 0.25) is 0 Å². The van der Waals surface area contributed by atoms with Crippen LogP contribution in [0.3, 0.4) is 0 Å². The largest absolute Gasteiger partial charge is 0.372 e. The summed E-state index contributed by atoms with van der Waals surface area (Å²) in [6.07, 6.45) is 3.08. The van der Waals surface area contributed by atoms with Crippen molar-refractivity contribution < 1.29 is 4.74 Å². The van der Waals surface area contributed by atoms with Crippen LogP contribution in [0.1, 0.15) is 18.4 Å². The highest BCUT2D eigenvalue weighted by molar-refractivity contribution is 5.63. The Labute approximate surface area is 132 Å². The van der Waals surface area contributed by atoms with E-state index in [1.807, 2.05) is 0 Å². The van der Waals surface area contributed by atoms with E-state index in [4.69, 9.17) is 4.74 Å². The van der Waals surface area contributed by atoms with Gasteiger partial charge < -0.3 is 9.64 Å². The lowest BCUT2D eigenvalue weighted by molar-refractivity contribution is -0.0765. The van der Waals surface area contributed by atoms with Crippen LogP contribution in [0, 0.1) is 5.92 Å². The van der Waals surface area contributed by atoms with Gasteiger partial charge in [0.25, 0.3) is 0 Å². The van der Waals surface area contributed by atoms with Gasteiger partial charge in [0.15, 0.2) is 0 Å². The van der Waals surface area contributed by atoms with Crippen molar-refractivity contribution in [1.29, 1.82) is 0 Å². The second-order valence-electron chi connectivity index (χ2n) is 6.55. The minimum absolute atomic E-state index is 0.441. The lowest BCUT2D eigenvalue weighted by Gasteiger charge is -2.44. The van der Waals surface area contributed by atoms with Crippen molar-refractivity contribution in [3.05, 3.63) is 60.2 Å². The molecular formula is C20H23NO. The molecule has 0 amide bonds. The quantitative estimate of drug-likeness (QED) is 0.846. The minimum Gasteiger partial charge on any atom is -0.372 e. The molecule has 2 heteroatoms. The lowest BCUT2D eigenvalue weighted by atomic mass is 9.86. The number of nitrogens with zero attached hydrogens (tertiary/aromatic N) is 1. The average molecular weight is 293 g/mol. The fourth-order valence-corrected chi connectivity index (χ4v) is 3.73. The summed E-state index contributed by atoms with van der Waals surface area (Å²) in [6, 6.07) is 19.3. The summed E-state index contributed by atoms with van der Waals surface area (Å²) in [7, 11) is 0. The van der Waals surface area contributed by atoms with Gasteiger partial charge in [-0.25, -0.2) is 0 Å².